The Hall–Kier alpha value is -1.51. The minimum Gasteiger partial charge on any atom is -0.349 e. The van der Waals surface area contributed by atoms with Crippen LogP contribution in [0.5, 0.6) is 0 Å². The third-order valence-corrected chi connectivity index (χ3v) is 4.37. The molecular weight excluding hydrogens is 246 g/mol. The van der Waals surface area contributed by atoms with Gasteiger partial charge in [-0.2, -0.15) is 0 Å². The molecule has 0 aromatic heterocycles. The molecule has 2 rings (SSSR count). The lowest BCUT2D eigenvalue weighted by Gasteiger charge is -2.41. The van der Waals surface area contributed by atoms with Crippen LogP contribution in [0.4, 0.5) is 0 Å². The monoisotopic (exact) mass is 273 g/mol. The molecule has 20 heavy (non-hydrogen) atoms. The Bertz CT molecular complexity index is 439. The first-order chi connectivity index (χ1) is 9.67. The van der Waals surface area contributed by atoms with E-state index in [1.165, 1.54) is 18.4 Å². The van der Waals surface area contributed by atoms with E-state index >= 15 is 0 Å². The molecular formula is C17H27N3. The fraction of sp³-hybridized carbons (Fsp3) is 0.588. The van der Waals surface area contributed by atoms with Crippen molar-refractivity contribution >= 4 is 5.96 Å². The molecule has 1 aromatic carbocycles. The van der Waals surface area contributed by atoms with E-state index in [1.807, 2.05) is 7.05 Å². The smallest absolute Gasteiger partial charge is 0.195 e. The van der Waals surface area contributed by atoms with E-state index in [2.05, 4.69) is 66.1 Å². The molecule has 0 N–H and O–H groups in total. The Labute approximate surface area is 123 Å². The van der Waals surface area contributed by atoms with Crippen LogP contribution in [0.1, 0.15) is 31.2 Å². The topological polar surface area (TPSA) is 18.8 Å². The predicted molar refractivity (Wildman–Crippen MR) is 86.2 cm³/mol. The molecule has 0 spiro atoms. The van der Waals surface area contributed by atoms with E-state index in [0.29, 0.717) is 11.8 Å². The third kappa shape index (κ3) is 3.14. The summed E-state index contributed by atoms with van der Waals surface area (Å²) < 4.78 is 0. The van der Waals surface area contributed by atoms with E-state index in [4.69, 9.17) is 0 Å². The van der Waals surface area contributed by atoms with Gasteiger partial charge in [0.05, 0.1) is 0 Å². The molecule has 0 aliphatic carbocycles. The Balaban J connectivity index is 2.12. The molecule has 2 unspecified atom stereocenters. The van der Waals surface area contributed by atoms with Crippen LogP contribution in [-0.2, 0) is 0 Å². The number of benzene rings is 1. The largest absolute Gasteiger partial charge is 0.349 e. The average Bonchev–Trinajstić information content (AvgIpc) is 2.48. The number of hydrogen-bond acceptors (Lipinski definition) is 1. The van der Waals surface area contributed by atoms with Crippen LogP contribution in [0, 0.1) is 5.92 Å². The van der Waals surface area contributed by atoms with Gasteiger partial charge in [-0.25, -0.2) is 0 Å². The minimum absolute atomic E-state index is 0.692. The molecule has 2 atom stereocenters. The molecule has 0 saturated carbocycles. The molecule has 0 bridgehead atoms. The highest BCUT2D eigenvalue weighted by atomic mass is 15.4. The zero-order chi connectivity index (χ0) is 14.5. The van der Waals surface area contributed by atoms with Crippen LogP contribution in [-0.4, -0.2) is 50.0 Å². The normalized spacial score (nSPS) is 23.8. The second-order valence-electron chi connectivity index (χ2n) is 5.84. The number of rotatable bonds is 2. The van der Waals surface area contributed by atoms with Gasteiger partial charge in [0.2, 0.25) is 0 Å². The highest BCUT2D eigenvalue weighted by Gasteiger charge is 2.30. The summed E-state index contributed by atoms with van der Waals surface area (Å²) in [6.45, 7) is 4.52. The van der Waals surface area contributed by atoms with Crippen LogP contribution in [0.2, 0.25) is 0 Å². The first-order valence-electron chi connectivity index (χ1n) is 7.61. The second kappa shape index (κ2) is 6.78. The first kappa shape index (κ1) is 14.9. The van der Waals surface area contributed by atoms with Crippen molar-refractivity contribution in [2.45, 2.75) is 25.7 Å². The van der Waals surface area contributed by atoms with Crippen LogP contribution >= 0.6 is 0 Å². The summed E-state index contributed by atoms with van der Waals surface area (Å²) in [5.74, 6) is 2.51. The van der Waals surface area contributed by atoms with Gasteiger partial charge in [-0.1, -0.05) is 43.7 Å². The molecule has 1 heterocycles. The maximum absolute atomic E-state index is 4.45. The van der Waals surface area contributed by atoms with Gasteiger partial charge >= 0.3 is 0 Å². The van der Waals surface area contributed by atoms with Crippen LogP contribution in [0.3, 0.4) is 0 Å². The highest BCUT2D eigenvalue weighted by molar-refractivity contribution is 5.79. The van der Waals surface area contributed by atoms with E-state index in [0.717, 1.165) is 19.0 Å². The molecule has 1 aliphatic heterocycles. The van der Waals surface area contributed by atoms with Crippen LogP contribution < -0.4 is 0 Å². The molecule has 1 fully saturated rings. The standard InChI is InChI=1S/C17H27N3/c1-5-14-13-20(17(18-2)19(3)4)12-11-16(14)15-9-7-6-8-10-15/h6-10,14,16H,5,11-13H2,1-4H3. The van der Waals surface area contributed by atoms with E-state index in [9.17, 15) is 0 Å². The zero-order valence-electron chi connectivity index (χ0n) is 13.2. The summed E-state index contributed by atoms with van der Waals surface area (Å²) in [4.78, 5) is 9.00. The minimum atomic E-state index is 0.692. The molecule has 3 nitrogen and oxygen atoms in total. The molecule has 110 valence electrons. The second-order valence-corrected chi connectivity index (χ2v) is 5.84. The third-order valence-electron chi connectivity index (χ3n) is 4.37. The summed E-state index contributed by atoms with van der Waals surface area (Å²) in [7, 11) is 6.04. The van der Waals surface area contributed by atoms with Crippen LogP contribution in [0.25, 0.3) is 0 Å². The van der Waals surface area contributed by atoms with Crippen molar-refractivity contribution < 1.29 is 0 Å². The number of piperidine rings is 1. The van der Waals surface area contributed by atoms with Gasteiger partial charge in [0, 0.05) is 34.2 Å². The zero-order valence-corrected chi connectivity index (χ0v) is 13.2. The van der Waals surface area contributed by atoms with Crippen molar-refractivity contribution in [3.05, 3.63) is 35.9 Å². The number of likely N-dealkylation sites (tertiary alicyclic amines) is 1. The van der Waals surface area contributed by atoms with Crippen molar-refractivity contribution in [3.8, 4) is 0 Å². The molecule has 0 amide bonds. The molecule has 1 saturated heterocycles. The van der Waals surface area contributed by atoms with Crippen molar-refractivity contribution in [2.75, 3.05) is 34.2 Å². The fourth-order valence-electron chi connectivity index (χ4n) is 3.39. The van der Waals surface area contributed by atoms with Gasteiger partial charge in [-0.05, 0) is 23.8 Å². The predicted octanol–water partition coefficient (Wildman–Crippen LogP) is 3.05. The lowest BCUT2D eigenvalue weighted by Crippen LogP contribution is -2.47. The lowest BCUT2D eigenvalue weighted by molar-refractivity contribution is 0.206. The number of aliphatic imine (C=N–C) groups is 1. The number of nitrogens with zero attached hydrogens (tertiary/aromatic N) is 3. The van der Waals surface area contributed by atoms with Crippen molar-refractivity contribution in [2.24, 2.45) is 10.9 Å². The lowest BCUT2D eigenvalue weighted by atomic mass is 9.79. The van der Waals surface area contributed by atoms with Gasteiger partial charge < -0.3 is 9.80 Å². The Kier molecular flexibility index (Phi) is 5.05. The van der Waals surface area contributed by atoms with Crippen molar-refractivity contribution in [1.82, 2.24) is 9.80 Å². The summed E-state index contributed by atoms with van der Waals surface area (Å²) in [5.41, 5.74) is 1.50. The van der Waals surface area contributed by atoms with Gasteiger partial charge in [-0.3, -0.25) is 4.99 Å². The molecule has 3 heteroatoms. The molecule has 1 aromatic rings. The summed E-state index contributed by atoms with van der Waals surface area (Å²) in [5, 5.41) is 0. The summed E-state index contributed by atoms with van der Waals surface area (Å²) in [6.07, 6.45) is 2.44. The average molecular weight is 273 g/mol. The maximum atomic E-state index is 4.45. The van der Waals surface area contributed by atoms with Crippen molar-refractivity contribution in [1.29, 1.82) is 0 Å². The highest BCUT2D eigenvalue weighted by Crippen LogP contribution is 2.34. The van der Waals surface area contributed by atoms with E-state index in [-0.39, 0.29) is 0 Å². The van der Waals surface area contributed by atoms with Gasteiger partial charge in [-0.15, -0.1) is 0 Å². The summed E-state index contributed by atoms with van der Waals surface area (Å²) in [6, 6.07) is 11.0. The Morgan fingerprint density at radius 2 is 2.00 bits per heavy atom. The number of guanidine groups is 1. The first-order valence-corrected chi connectivity index (χ1v) is 7.61. The fourth-order valence-corrected chi connectivity index (χ4v) is 3.39. The SMILES string of the molecule is CCC1CN(C(=NC)N(C)C)CCC1c1ccccc1. The van der Waals surface area contributed by atoms with Gasteiger partial charge in [0.1, 0.15) is 0 Å². The van der Waals surface area contributed by atoms with Crippen LogP contribution in [0.15, 0.2) is 35.3 Å². The number of hydrogen-bond donors (Lipinski definition) is 0. The Morgan fingerprint density at radius 1 is 1.30 bits per heavy atom. The van der Waals surface area contributed by atoms with Gasteiger partial charge in [0.15, 0.2) is 5.96 Å². The quantitative estimate of drug-likeness (QED) is 0.609. The van der Waals surface area contributed by atoms with E-state index < -0.39 is 0 Å². The molecule has 0 radical (unpaired) electrons. The Morgan fingerprint density at radius 3 is 2.55 bits per heavy atom. The molecule has 1 aliphatic rings. The van der Waals surface area contributed by atoms with E-state index in [1.54, 1.807) is 0 Å². The summed E-state index contributed by atoms with van der Waals surface area (Å²) >= 11 is 0. The maximum Gasteiger partial charge on any atom is 0.195 e. The van der Waals surface area contributed by atoms with Gasteiger partial charge in [0.25, 0.3) is 0 Å². The van der Waals surface area contributed by atoms with Crippen molar-refractivity contribution in [3.63, 3.8) is 0 Å².